The zero-order valence-electron chi connectivity index (χ0n) is 37.0. The van der Waals surface area contributed by atoms with Crippen molar-refractivity contribution in [1.82, 2.24) is 0 Å². The first-order valence-electron chi connectivity index (χ1n) is 21.9. The summed E-state index contributed by atoms with van der Waals surface area (Å²) in [6.45, 7) is 21.0. The molecule has 0 radical (unpaired) electrons. The Kier molecular flexibility index (Phi) is 9.27. The standard InChI is InChI=1S/C57H55BN2S/c1-55(2,3)40-25-29-44(30-26-40)60-49-34-39(51(37-19-13-10-14-20-37)38-21-15-11-16-22-38)33-48-52(49)58(54-53(60)45-35-41(56(4,5)6)28-32-50(45)61-54)46-36-42(57(7,8)9)27-31-47(46)59(48)43-23-17-12-18-24-43/h10-36,51H,1-9H3. The number of anilines is 6. The van der Waals surface area contributed by atoms with Gasteiger partial charge in [-0.2, -0.15) is 0 Å². The van der Waals surface area contributed by atoms with Crippen LogP contribution in [-0.2, 0) is 16.2 Å². The Hall–Kier alpha value is -5.84. The van der Waals surface area contributed by atoms with Crippen LogP contribution in [0.15, 0.2) is 164 Å². The minimum absolute atomic E-state index is 0.00291. The van der Waals surface area contributed by atoms with Crippen LogP contribution < -0.4 is 25.5 Å². The molecule has 4 heteroatoms. The van der Waals surface area contributed by atoms with Crippen LogP contribution in [0.4, 0.5) is 34.1 Å². The molecule has 61 heavy (non-hydrogen) atoms. The summed E-state index contributed by atoms with van der Waals surface area (Å²) >= 11 is 1.98. The van der Waals surface area contributed by atoms with Crippen LogP contribution in [0.2, 0.25) is 0 Å². The fourth-order valence-electron chi connectivity index (χ4n) is 9.71. The van der Waals surface area contributed by atoms with Crippen LogP contribution >= 0.6 is 11.3 Å². The van der Waals surface area contributed by atoms with Crippen molar-refractivity contribution in [3.05, 3.63) is 197 Å². The summed E-state index contributed by atoms with van der Waals surface area (Å²) in [5, 5.41) is 1.33. The highest BCUT2D eigenvalue weighted by molar-refractivity contribution is 7.33. The average Bonchev–Trinajstić information content (AvgIpc) is 3.62. The summed E-state index contributed by atoms with van der Waals surface area (Å²) in [6.07, 6.45) is 0. The maximum atomic E-state index is 2.64. The van der Waals surface area contributed by atoms with E-state index in [1.54, 1.807) is 0 Å². The van der Waals surface area contributed by atoms with Gasteiger partial charge >= 0.3 is 0 Å². The molecular weight excluding hydrogens is 756 g/mol. The number of rotatable bonds is 5. The normalized spacial score (nSPS) is 13.7. The van der Waals surface area contributed by atoms with E-state index in [0.717, 1.165) is 0 Å². The van der Waals surface area contributed by atoms with Crippen LogP contribution in [0, 0.1) is 0 Å². The molecule has 10 rings (SSSR count). The van der Waals surface area contributed by atoms with Gasteiger partial charge in [-0.15, -0.1) is 11.3 Å². The number of hydrogen-bond donors (Lipinski definition) is 0. The molecule has 0 atom stereocenters. The lowest BCUT2D eigenvalue weighted by atomic mass is 9.36. The van der Waals surface area contributed by atoms with Gasteiger partial charge in [0.1, 0.15) is 0 Å². The Morgan fingerprint density at radius 3 is 1.51 bits per heavy atom. The van der Waals surface area contributed by atoms with Crippen LogP contribution in [0.25, 0.3) is 10.1 Å². The molecule has 0 amide bonds. The van der Waals surface area contributed by atoms with Crippen molar-refractivity contribution in [3.63, 3.8) is 0 Å². The highest BCUT2D eigenvalue weighted by Crippen LogP contribution is 2.50. The Morgan fingerprint density at radius 2 is 0.934 bits per heavy atom. The third-order valence-electron chi connectivity index (χ3n) is 13.0. The Bertz CT molecular complexity index is 2870. The first kappa shape index (κ1) is 39.3. The van der Waals surface area contributed by atoms with Gasteiger partial charge < -0.3 is 9.80 Å². The van der Waals surface area contributed by atoms with E-state index < -0.39 is 0 Å². The van der Waals surface area contributed by atoms with E-state index in [1.165, 1.54) is 93.3 Å². The lowest BCUT2D eigenvalue weighted by Gasteiger charge is -2.44. The topological polar surface area (TPSA) is 6.48 Å². The van der Waals surface area contributed by atoms with Crippen molar-refractivity contribution in [2.24, 2.45) is 0 Å². The number of fused-ring (bicyclic) bond motifs is 6. The lowest BCUT2D eigenvalue weighted by Crippen LogP contribution is -2.60. The van der Waals surface area contributed by atoms with Gasteiger partial charge in [0.15, 0.2) is 0 Å². The Balaban J connectivity index is 1.37. The molecule has 7 aromatic carbocycles. The SMILES string of the molecule is CC(C)(C)c1ccc(N2c3cc(C(c4ccccc4)c4ccccc4)cc4c3B(c3cc(C(C)(C)C)ccc3N4c3ccccc3)c3sc4ccc(C(C)(C)C)cc4c32)cc1. The third-order valence-corrected chi connectivity index (χ3v) is 14.2. The molecule has 0 N–H and O–H groups in total. The molecule has 2 aliphatic heterocycles. The smallest absolute Gasteiger partial charge is 0.264 e. The second kappa shape index (κ2) is 14.4. The van der Waals surface area contributed by atoms with Crippen molar-refractivity contribution in [3.8, 4) is 0 Å². The molecule has 2 aliphatic rings. The number of benzene rings is 7. The highest BCUT2D eigenvalue weighted by atomic mass is 32.1. The number of nitrogens with zero attached hydrogens (tertiary/aromatic N) is 2. The summed E-state index contributed by atoms with van der Waals surface area (Å²) in [5.41, 5.74) is 18.0. The maximum absolute atomic E-state index is 2.64. The minimum atomic E-state index is -0.0156. The van der Waals surface area contributed by atoms with Gasteiger partial charge in [-0.25, -0.2) is 0 Å². The van der Waals surface area contributed by atoms with Crippen LogP contribution in [0.5, 0.6) is 0 Å². The fourth-order valence-corrected chi connectivity index (χ4v) is 11.0. The quantitative estimate of drug-likeness (QED) is 0.126. The maximum Gasteiger partial charge on any atom is 0.264 e. The zero-order valence-corrected chi connectivity index (χ0v) is 37.9. The van der Waals surface area contributed by atoms with Crippen LogP contribution in [-0.4, -0.2) is 6.71 Å². The molecule has 0 unspecified atom stereocenters. The number of thiophene rings is 1. The molecular formula is C57H55BN2S. The highest BCUT2D eigenvalue weighted by Gasteiger charge is 2.46. The van der Waals surface area contributed by atoms with Crippen molar-refractivity contribution in [2.45, 2.75) is 84.5 Å². The van der Waals surface area contributed by atoms with Crippen molar-refractivity contribution in [1.29, 1.82) is 0 Å². The van der Waals surface area contributed by atoms with Crippen molar-refractivity contribution >= 4 is 78.0 Å². The summed E-state index contributed by atoms with van der Waals surface area (Å²) in [4.78, 5) is 5.20. The fraction of sp³-hybridized carbons (Fsp3) is 0.228. The predicted molar refractivity (Wildman–Crippen MR) is 266 cm³/mol. The van der Waals surface area contributed by atoms with Gasteiger partial charge in [0, 0.05) is 49.2 Å². The minimum Gasteiger partial charge on any atom is -0.311 e. The van der Waals surface area contributed by atoms with E-state index in [1.807, 2.05) is 11.3 Å². The molecule has 0 fully saturated rings. The molecule has 8 aromatic rings. The second-order valence-corrected chi connectivity index (χ2v) is 21.3. The first-order chi connectivity index (χ1) is 29.2. The summed E-state index contributed by atoms with van der Waals surface area (Å²) < 4.78 is 2.74. The number of para-hydroxylation sites is 1. The summed E-state index contributed by atoms with van der Waals surface area (Å²) in [6, 6.07) is 62.3. The van der Waals surface area contributed by atoms with E-state index in [9.17, 15) is 0 Å². The largest absolute Gasteiger partial charge is 0.311 e. The van der Waals surface area contributed by atoms with Crippen LogP contribution in [0.3, 0.4) is 0 Å². The van der Waals surface area contributed by atoms with Crippen molar-refractivity contribution < 1.29 is 0 Å². The second-order valence-electron chi connectivity index (χ2n) is 20.3. The first-order valence-corrected chi connectivity index (χ1v) is 22.7. The molecule has 1 aromatic heterocycles. The average molecular weight is 811 g/mol. The Morgan fingerprint density at radius 1 is 0.443 bits per heavy atom. The summed E-state index contributed by atoms with van der Waals surface area (Å²) in [7, 11) is 0. The number of hydrogen-bond acceptors (Lipinski definition) is 3. The lowest BCUT2D eigenvalue weighted by molar-refractivity contribution is 0.590. The molecule has 0 saturated carbocycles. The molecule has 302 valence electrons. The van der Waals surface area contributed by atoms with Crippen LogP contribution in [0.1, 0.15) is 102 Å². The van der Waals surface area contributed by atoms with Gasteiger partial charge in [-0.3, -0.25) is 0 Å². The van der Waals surface area contributed by atoms with Gasteiger partial charge in [0.2, 0.25) is 0 Å². The van der Waals surface area contributed by atoms with E-state index >= 15 is 0 Å². The molecule has 0 saturated heterocycles. The predicted octanol–water partition coefficient (Wildman–Crippen LogP) is 14.1. The Labute approximate surface area is 367 Å². The molecule has 0 aliphatic carbocycles. The van der Waals surface area contributed by atoms with E-state index in [2.05, 4.69) is 236 Å². The zero-order chi connectivity index (χ0) is 42.4. The monoisotopic (exact) mass is 810 g/mol. The molecule has 0 spiro atoms. The van der Waals surface area contributed by atoms with E-state index in [0.29, 0.717) is 0 Å². The van der Waals surface area contributed by atoms with Crippen molar-refractivity contribution in [2.75, 3.05) is 9.80 Å². The van der Waals surface area contributed by atoms with Gasteiger partial charge in [0.25, 0.3) is 6.71 Å². The van der Waals surface area contributed by atoms with E-state index in [4.69, 9.17) is 0 Å². The van der Waals surface area contributed by atoms with Gasteiger partial charge in [-0.1, -0.05) is 172 Å². The molecule has 0 bridgehead atoms. The summed E-state index contributed by atoms with van der Waals surface area (Å²) in [5.74, 6) is 0.0166. The molecule has 3 heterocycles. The molecule has 2 nitrogen and oxygen atoms in total. The van der Waals surface area contributed by atoms with Gasteiger partial charge in [-0.05, 0) is 115 Å². The van der Waals surface area contributed by atoms with Gasteiger partial charge in [0.05, 0.1) is 5.69 Å². The van der Waals surface area contributed by atoms with E-state index in [-0.39, 0.29) is 28.9 Å². The third kappa shape index (κ3) is 6.71.